The molecule has 1 amide bonds. The number of carbonyl (C=O) groups is 3. The number of aryl methyl sites for hydroxylation is 1. The van der Waals surface area contributed by atoms with Crippen molar-refractivity contribution in [1.82, 2.24) is 4.98 Å². The van der Waals surface area contributed by atoms with Crippen molar-refractivity contribution in [3.05, 3.63) is 81.9 Å². The lowest BCUT2D eigenvalue weighted by molar-refractivity contribution is -0.132. The molecule has 0 aliphatic carbocycles. The van der Waals surface area contributed by atoms with Gasteiger partial charge in [-0.05, 0) is 31.5 Å². The third kappa shape index (κ3) is 4.06. The maximum absolute atomic E-state index is 13.2. The van der Waals surface area contributed by atoms with Gasteiger partial charge in [0.25, 0.3) is 5.78 Å². The van der Waals surface area contributed by atoms with Crippen LogP contribution in [-0.2, 0) is 14.3 Å². The van der Waals surface area contributed by atoms with E-state index in [0.29, 0.717) is 29.2 Å². The van der Waals surface area contributed by atoms with Crippen molar-refractivity contribution < 1.29 is 29.0 Å². The molecule has 1 fully saturated rings. The van der Waals surface area contributed by atoms with Crippen LogP contribution >= 0.6 is 11.3 Å². The Balaban J connectivity index is 1.90. The van der Waals surface area contributed by atoms with Crippen molar-refractivity contribution >= 4 is 39.9 Å². The Labute approximate surface area is 200 Å². The third-order valence-corrected chi connectivity index (χ3v) is 6.50. The highest BCUT2D eigenvalue weighted by Crippen LogP contribution is 2.44. The Morgan fingerprint density at radius 1 is 1.12 bits per heavy atom. The molecule has 0 radical (unpaired) electrons. The van der Waals surface area contributed by atoms with Gasteiger partial charge in [-0.3, -0.25) is 14.5 Å². The van der Waals surface area contributed by atoms with Gasteiger partial charge in [-0.1, -0.05) is 53.8 Å². The van der Waals surface area contributed by atoms with Gasteiger partial charge in [-0.25, -0.2) is 9.78 Å². The fourth-order valence-corrected chi connectivity index (χ4v) is 4.79. The first-order valence-electron chi connectivity index (χ1n) is 10.5. The molecule has 1 N–H and O–H groups in total. The first-order chi connectivity index (χ1) is 16.4. The molecule has 34 heavy (non-hydrogen) atoms. The van der Waals surface area contributed by atoms with E-state index in [9.17, 15) is 19.5 Å². The molecule has 0 spiro atoms. The van der Waals surface area contributed by atoms with Gasteiger partial charge in [0.2, 0.25) is 0 Å². The molecule has 9 heteroatoms. The summed E-state index contributed by atoms with van der Waals surface area (Å²) in [6.07, 6.45) is 0. The number of hydrogen-bond acceptors (Lipinski definition) is 8. The lowest BCUT2D eigenvalue weighted by Gasteiger charge is -2.23. The highest BCUT2D eigenvalue weighted by molar-refractivity contribution is 7.17. The molecule has 1 aliphatic rings. The second-order valence-corrected chi connectivity index (χ2v) is 8.42. The van der Waals surface area contributed by atoms with Crippen molar-refractivity contribution in [2.45, 2.75) is 19.9 Å². The van der Waals surface area contributed by atoms with Crippen LogP contribution in [0.15, 0.2) is 60.2 Å². The van der Waals surface area contributed by atoms with E-state index in [0.717, 1.165) is 11.3 Å². The zero-order chi connectivity index (χ0) is 24.4. The van der Waals surface area contributed by atoms with E-state index in [1.54, 1.807) is 61.5 Å². The third-order valence-electron chi connectivity index (χ3n) is 5.36. The summed E-state index contributed by atoms with van der Waals surface area (Å²) in [5.74, 6) is -1.93. The fourth-order valence-electron chi connectivity index (χ4n) is 3.78. The SMILES string of the molecule is CCOc1ccc([C@H]2/C(=C(\O)c3ccccc3)C(=O)C(=O)N2c2nc(C)c(C(=O)OC)s2)cc1. The van der Waals surface area contributed by atoms with E-state index in [-0.39, 0.29) is 21.3 Å². The summed E-state index contributed by atoms with van der Waals surface area (Å²) < 4.78 is 10.3. The molecule has 174 valence electrons. The second-order valence-electron chi connectivity index (χ2n) is 7.44. The number of thiazole rings is 1. The van der Waals surface area contributed by atoms with Gasteiger partial charge in [-0.2, -0.15) is 0 Å². The predicted molar refractivity (Wildman–Crippen MR) is 127 cm³/mol. The van der Waals surface area contributed by atoms with E-state index in [1.165, 1.54) is 12.0 Å². The number of esters is 1. The van der Waals surface area contributed by atoms with Crippen LogP contribution in [0.4, 0.5) is 5.13 Å². The van der Waals surface area contributed by atoms with Crippen molar-refractivity contribution in [1.29, 1.82) is 0 Å². The quantitative estimate of drug-likeness (QED) is 0.244. The number of carbonyl (C=O) groups excluding carboxylic acids is 3. The van der Waals surface area contributed by atoms with Crippen molar-refractivity contribution in [3.63, 3.8) is 0 Å². The molecule has 1 atom stereocenters. The van der Waals surface area contributed by atoms with E-state index in [4.69, 9.17) is 9.47 Å². The molecule has 1 aromatic heterocycles. The highest BCUT2D eigenvalue weighted by Gasteiger charge is 2.48. The van der Waals surface area contributed by atoms with Crippen LogP contribution in [0, 0.1) is 6.92 Å². The summed E-state index contributed by atoms with van der Waals surface area (Å²) in [5.41, 5.74) is 1.30. The monoisotopic (exact) mass is 478 g/mol. The van der Waals surface area contributed by atoms with Crippen molar-refractivity contribution in [2.24, 2.45) is 0 Å². The van der Waals surface area contributed by atoms with Crippen LogP contribution in [0.2, 0.25) is 0 Å². The van der Waals surface area contributed by atoms with E-state index in [2.05, 4.69) is 4.98 Å². The average Bonchev–Trinajstić information content (AvgIpc) is 3.36. The lowest BCUT2D eigenvalue weighted by Crippen LogP contribution is -2.29. The van der Waals surface area contributed by atoms with Gasteiger partial charge in [-0.15, -0.1) is 0 Å². The van der Waals surface area contributed by atoms with Gasteiger partial charge < -0.3 is 14.6 Å². The number of aliphatic hydroxyl groups is 1. The number of aromatic nitrogens is 1. The minimum atomic E-state index is -0.952. The van der Waals surface area contributed by atoms with Crippen LogP contribution < -0.4 is 9.64 Å². The standard InChI is InChI=1S/C25H22N2O6S/c1-4-33-17-12-10-15(11-13-17)19-18(20(28)16-8-6-5-7-9-16)21(29)23(30)27(19)25-26-14(2)22(34-25)24(31)32-3/h5-13,19,28H,4H2,1-3H3/b20-18+/t19-/m0/s1. The van der Waals surface area contributed by atoms with E-state index in [1.807, 2.05) is 6.92 Å². The number of ether oxygens (including phenoxy) is 2. The van der Waals surface area contributed by atoms with Crippen LogP contribution in [-0.4, -0.2) is 41.5 Å². The maximum Gasteiger partial charge on any atom is 0.350 e. The molecule has 4 rings (SSSR count). The number of anilines is 1. The summed E-state index contributed by atoms with van der Waals surface area (Å²) in [4.78, 5) is 44.4. The van der Waals surface area contributed by atoms with Crippen molar-refractivity contribution in [2.75, 3.05) is 18.6 Å². The van der Waals surface area contributed by atoms with Gasteiger partial charge in [0.05, 0.1) is 31.0 Å². The molecule has 8 nitrogen and oxygen atoms in total. The molecule has 2 heterocycles. The van der Waals surface area contributed by atoms with Crippen molar-refractivity contribution in [3.8, 4) is 5.75 Å². The van der Waals surface area contributed by atoms with Gasteiger partial charge in [0.15, 0.2) is 5.13 Å². The van der Waals surface area contributed by atoms with Gasteiger partial charge >= 0.3 is 11.9 Å². The fraction of sp³-hybridized carbons (Fsp3) is 0.200. The largest absolute Gasteiger partial charge is 0.507 e. The predicted octanol–water partition coefficient (Wildman–Crippen LogP) is 4.26. The molecular weight excluding hydrogens is 456 g/mol. The molecule has 1 aliphatic heterocycles. The molecule has 1 saturated heterocycles. The zero-order valence-corrected chi connectivity index (χ0v) is 19.6. The number of benzene rings is 2. The minimum Gasteiger partial charge on any atom is -0.507 e. The van der Waals surface area contributed by atoms with Gasteiger partial charge in [0, 0.05) is 5.56 Å². The van der Waals surface area contributed by atoms with E-state index < -0.39 is 23.7 Å². The summed E-state index contributed by atoms with van der Waals surface area (Å²) in [7, 11) is 1.26. The average molecular weight is 479 g/mol. The lowest BCUT2D eigenvalue weighted by atomic mass is 9.95. The number of rotatable bonds is 6. The second kappa shape index (κ2) is 9.48. The summed E-state index contributed by atoms with van der Waals surface area (Å²) in [6.45, 7) is 3.98. The minimum absolute atomic E-state index is 0.0622. The Hall–Kier alpha value is -3.98. The summed E-state index contributed by atoms with van der Waals surface area (Å²) in [6, 6.07) is 14.5. The molecule has 0 saturated carbocycles. The number of hydrogen-bond donors (Lipinski definition) is 1. The first-order valence-corrected chi connectivity index (χ1v) is 11.3. The Kier molecular flexibility index (Phi) is 6.47. The normalized spacial score (nSPS) is 17.1. The first kappa shape index (κ1) is 23.2. The van der Waals surface area contributed by atoms with E-state index >= 15 is 0 Å². The number of amides is 1. The Morgan fingerprint density at radius 3 is 2.41 bits per heavy atom. The molecule has 0 bridgehead atoms. The smallest absolute Gasteiger partial charge is 0.350 e. The van der Waals surface area contributed by atoms with Gasteiger partial charge in [0.1, 0.15) is 16.4 Å². The molecule has 0 unspecified atom stereocenters. The Bertz CT molecular complexity index is 1280. The maximum atomic E-state index is 13.2. The number of ketones is 1. The molecule has 3 aromatic rings. The zero-order valence-electron chi connectivity index (χ0n) is 18.8. The number of Topliss-reactive ketones (excluding diaryl/α,β-unsaturated/α-hetero) is 1. The molecular formula is C25H22N2O6S. The number of methoxy groups -OCH3 is 1. The summed E-state index contributed by atoms with van der Waals surface area (Å²) >= 11 is 0.953. The van der Waals surface area contributed by atoms with Crippen LogP contribution in [0.5, 0.6) is 5.75 Å². The number of nitrogens with zero attached hydrogens (tertiary/aromatic N) is 2. The van der Waals surface area contributed by atoms with Crippen LogP contribution in [0.25, 0.3) is 5.76 Å². The van der Waals surface area contributed by atoms with Crippen LogP contribution in [0.1, 0.15) is 39.5 Å². The highest BCUT2D eigenvalue weighted by atomic mass is 32.1. The number of aliphatic hydroxyl groups excluding tert-OH is 1. The van der Waals surface area contributed by atoms with Crippen LogP contribution in [0.3, 0.4) is 0 Å². The topological polar surface area (TPSA) is 106 Å². The Morgan fingerprint density at radius 2 is 1.79 bits per heavy atom. The molecule has 2 aromatic carbocycles. The summed E-state index contributed by atoms with van der Waals surface area (Å²) in [5, 5.41) is 11.3.